The summed E-state index contributed by atoms with van der Waals surface area (Å²) in [6.07, 6.45) is 0.0476. The van der Waals surface area contributed by atoms with Gasteiger partial charge in [0.2, 0.25) is 11.8 Å². The minimum atomic E-state index is -1.63. The average Bonchev–Trinajstić information content (AvgIpc) is 2.73. The second-order valence-corrected chi connectivity index (χ2v) is 5.21. The summed E-state index contributed by atoms with van der Waals surface area (Å²) in [5.74, 6) is -2.37. The molecule has 3 rings (SSSR count). The molecule has 6 nitrogen and oxygen atoms in total. The standard InChI is InChI=1S/C13H11BFN3O3/c14-13(2-1-10(19)17-12(13)21)18-5-8-7(11(18)20)3-6(15)4-9(8)16/h3-4H,1-2,5,16H2,(H,17,19,21). The molecule has 21 heavy (non-hydrogen) atoms. The van der Waals surface area contributed by atoms with Crippen LogP contribution in [0.1, 0.15) is 28.8 Å². The number of fused-ring (bicyclic) bond motifs is 1. The van der Waals surface area contributed by atoms with Crippen LogP contribution in [0.3, 0.4) is 0 Å². The van der Waals surface area contributed by atoms with Crippen LogP contribution in [0, 0.1) is 5.82 Å². The Kier molecular flexibility index (Phi) is 2.79. The number of benzene rings is 1. The zero-order valence-corrected chi connectivity index (χ0v) is 11.0. The smallest absolute Gasteiger partial charge is 0.254 e. The number of hydrogen-bond donors (Lipinski definition) is 2. The number of imide groups is 1. The van der Waals surface area contributed by atoms with Crippen LogP contribution in [0.2, 0.25) is 0 Å². The molecule has 3 N–H and O–H groups in total. The molecule has 8 heteroatoms. The van der Waals surface area contributed by atoms with E-state index >= 15 is 0 Å². The Morgan fingerprint density at radius 3 is 2.71 bits per heavy atom. The summed E-state index contributed by atoms with van der Waals surface area (Å²) in [5, 5.41) is 2.12. The third kappa shape index (κ3) is 1.90. The number of halogens is 1. The number of nitrogen functional groups attached to an aromatic ring is 1. The van der Waals surface area contributed by atoms with Gasteiger partial charge in [-0.1, -0.05) is 0 Å². The van der Waals surface area contributed by atoms with Crippen LogP contribution in [-0.2, 0) is 16.1 Å². The fourth-order valence-corrected chi connectivity index (χ4v) is 2.70. The number of anilines is 1. The molecule has 1 aromatic carbocycles. The Bertz CT molecular complexity index is 693. The molecule has 1 aromatic rings. The van der Waals surface area contributed by atoms with E-state index in [0.29, 0.717) is 5.56 Å². The highest BCUT2D eigenvalue weighted by Gasteiger charge is 2.48. The lowest BCUT2D eigenvalue weighted by Gasteiger charge is -2.40. The number of piperidine rings is 1. The highest BCUT2D eigenvalue weighted by atomic mass is 19.1. The van der Waals surface area contributed by atoms with Gasteiger partial charge in [-0.15, -0.1) is 0 Å². The van der Waals surface area contributed by atoms with Crippen LogP contribution < -0.4 is 11.1 Å². The molecule has 0 bridgehead atoms. The molecule has 2 heterocycles. The second kappa shape index (κ2) is 4.31. The molecule has 0 aromatic heterocycles. The summed E-state index contributed by atoms with van der Waals surface area (Å²) in [4.78, 5) is 36.7. The van der Waals surface area contributed by atoms with E-state index in [1.807, 2.05) is 0 Å². The monoisotopic (exact) mass is 287 g/mol. The summed E-state index contributed by atoms with van der Waals surface area (Å²) in [7, 11) is 6.03. The maximum absolute atomic E-state index is 13.4. The van der Waals surface area contributed by atoms with Crippen LogP contribution >= 0.6 is 0 Å². The van der Waals surface area contributed by atoms with Gasteiger partial charge in [-0.05, 0) is 18.6 Å². The van der Waals surface area contributed by atoms with E-state index in [0.717, 1.165) is 17.0 Å². The fraction of sp³-hybridized carbons (Fsp3) is 0.308. The van der Waals surface area contributed by atoms with Crippen LogP contribution in [0.15, 0.2) is 12.1 Å². The van der Waals surface area contributed by atoms with Gasteiger partial charge < -0.3 is 10.6 Å². The van der Waals surface area contributed by atoms with E-state index in [-0.39, 0.29) is 30.6 Å². The van der Waals surface area contributed by atoms with Gasteiger partial charge >= 0.3 is 0 Å². The van der Waals surface area contributed by atoms with Gasteiger partial charge in [0.25, 0.3) is 5.91 Å². The van der Waals surface area contributed by atoms with Crippen molar-refractivity contribution in [3.8, 4) is 0 Å². The zero-order valence-electron chi connectivity index (χ0n) is 11.0. The molecule has 1 atom stereocenters. The van der Waals surface area contributed by atoms with Gasteiger partial charge in [0, 0.05) is 29.8 Å². The van der Waals surface area contributed by atoms with Crippen LogP contribution in [0.5, 0.6) is 0 Å². The van der Waals surface area contributed by atoms with Crippen LogP contribution in [-0.4, -0.2) is 35.9 Å². The first-order valence-corrected chi connectivity index (χ1v) is 6.36. The molecule has 2 aliphatic rings. The molecular weight excluding hydrogens is 276 g/mol. The second-order valence-electron chi connectivity index (χ2n) is 5.21. The highest BCUT2D eigenvalue weighted by molar-refractivity contribution is 6.32. The third-order valence-electron chi connectivity index (χ3n) is 3.90. The Morgan fingerprint density at radius 1 is 1.33 bits per heavy atom. The quantitative estimate of drug-likeness (QED) is 0.420. The third-order valence-corrected chi connectivity index (χ3v) is 3.90. The molecule has 0 saturated carbocycles. The first-order chi connectivity index (χ1) is 9.83. The fourth-order valence-electron chi connectivity index (χ4n) is 2.70. The number of amides is 3. The summed E-state index contributed by atoms with van der Waals surface area (Å²) >= 11 is 0. The number of hydrogen-bond acceptors (Lipinski definition) is 4. The maximum Gasteiger partial charge on any atom is 0.254 e. The van der Waals surface area contributed by atoms with Crippen LogP contribution in [0.25, 0.3) is 0 Å². The van der Waals surface area contributed by atoms with Crippen molar-refractivity contribution in [3.63, 3.8) is 0 Å². The Morgan fingerprint density at radius 2 is 2.05 bits per heavy atom. The molecule has 1 saturated heterocycles. The van der Waals surface area contributed by atoms with Crippen molar-refractivity contribution in [2.45, 2.75) is 24.8 Å². The first-order valence-electron chi connectivity index (χ1n) is 6.36. The number of carbonyl (C=O) groups excluding carboxylic acids is 3. The van der Waals surface area contributed by atoms with E-state index in [1.54, 1.807) is 0 Å². The molecule has 1 unspecified atom stereocenters. The lowest BCUT2D eigenvalue weighted by atomic mass is 9.70. The lowest BCUT2D eigenvalue weighted by molar-refractivity contribution is -0.138. The van der Waals surface area contributed by atoms with Gasteiger partial charge in [0.1, 0.15) is 13.7 Å². The number of carbonyl (C=O) groups is 3. The summed E-state index contributed by atoms with van der Waals surface area (Å²) < 4.78 is 13.4. The van der Waals surface area contributed by atoms with Crippen molar-refractivity contribution < 1.29 is 18.8 Å². The van der Waals surface area contributed by atoms with Crippen LogP contribution in [0.4, 0.5) is 10.1 Å². The van der Waals surface area contributed by atoms with E-state index in [1.165, 1.54) is 0 Å². The molecule has 0 spiro atoms. The molecular formula is C13H11BFN3O3. The number of nitrogens with zero attached hydrogens (tertiary/aromatic N) is 1. The first kappa shape index (κ1) is 13.6. The number of rotatable bonds is 1. The van der Waals surface area contributed by atoms with Gasteiger partial charge in [-0.25, -0.2) is 4.39 Å². The largest absolute Gasteiger partial charge is 0.398 e. The minimum absolute atomic E-state index is 0.0123. The number of nitrogens with two attached hydrogens (primary N) is 1. The van der Waals surface area contributed by atoms with E-state index in [9.17, 15) is 18.8 Å². The minimum Gasteiger partial charge on any atom is -0.398 e. The van der Waals surface area contributed by atoms with E-state index in [2.05, 4.69) is 5.32 Å². The topological polar surface area (TPSA) is 92.5 Å². The van der Waals surface area contributed by atoms with Gasteiger partial charge in [-0.3, -0.25) is 19.7 Å². The summed E-state index contributed by atoms with van der Waals surface area (Å²) in [6.45, 7) is 0.0123. The van der Waals surface area contributed by atoms with Gasteiger partial charge in [-0.2, -0.15) is 0 Å². The summed E-state index contributed by atoms with van der Waals surface area (Å²) in [5.41, 5.74) is 4.76. The molecule has 2 radical (unpaired) electrons. The van der Waals surface area contributed by atoms with Crippen molar-refractivity contribution >= 4 is 31.3 Å². The number of nitrogens with one attached hydrogen (secondary N) is 1. The predicted molar refractivity (Wildman–Crippen MR) is 71.6 cm³/mol. The summed E-state index contributed by atoms with van der Waals surface area (Å²) in [6, 6.07) is 2.19. The normalized spacial score (nSPS) is 25.0. The molecule has 0 aliphatic carbocycles. The van der Waals surface area contributed by atoms with Crippen molar-refractivity contribution in [2.24, 2.45) is 0 Å². The van der Waals surface area contributed by atoms with E-state index < -0.39 is 29.0 Å². The maximum atomic E-state index is 13.4. The lowest BCUT2D eigenvalue weighted by Crippen LogP contribution is -2.63. The molecule has 1 fully saturated rings. The Labute approximate surface area is 120 Å². The Hall–Kier alpha value is -2.38. The van der Waals surface area contributed by atoms with Crippen molar-refractivity contribution in [1.29, 1.82) is 0 Å². The Balaban J connectivity index is 2.00. The van der Waals surface area contributed by atoms with Crippen molar-refractivity contribution in [2.75, 3.05) is 5.73 Å². The molecule has 106 valence electrons. The zero-order chi connectivity index (χ0) is 15.4. The predicted octanol–water partition coefficient (Wildman–Crippen LogP) is -0.335. The van der Waals surface area contributed by atoms with Gasteiger partial charge in [0.05, 0.1) is 5.44 Å². The molecule has 3 amide bonds. The van der Waals surface area contributed by atoms with Gasteiger partial charge in [0.15, 0.2) is 0 Å². The van der Waals surface area contributed by atoms with Crippen molar-refractivity contribution in [1.82, 2.24) is 10.2 Å². The van der Waals surface area contributed by atoms with Crippen molar-refractivity contribution in [3.05, 3.63) is 29.1 Å². The van der Waals surface area contributed by atoms with E-state index in [4.69, 9.17) is 13.6 Å². The molecule has 2 aliphatic heterocycles. The average molecular weight is 287 g/mol. The SMILES string of the molecule is [B]C1(N2Cc3c(N)cc(F)cc3C2=O)CCC(=O)NC1=O. The highest BCUT2D eigenvalue weighted by Crippen LogP contribution is 2.35.